The maximum Gasteiger partial charge on any atom is 0.245 e. The minimum absolute atomic E-state index is 0.466. The SMILES string of the molecule is COc1ccc(Nc2nc(OCC3CCCCC3)c3[nH]cnc3n2)cc1. The third-order valence-corrected chi connectivity index (χ3v) is 4.78. The van der Waals surface area contributed by atoms with Crippen LogP contribution in [0.1, 0.15) is 32.1 Å². The summed E-state index contributed by atoms with van der Waals surface area (Å²) in [4.78, 5) is 16.3. The highest BCUT2D eigenvalue weighted by molar-refractivity contribution is 5.77. The van der Waals surface area contributed by atoms with Crippen LogP contribution in [0, 0.1) is 5.92 Å². The first kappa shape index (κ1) is 16.6. The zero-order chi connectivity index (χ0) is 17.8. The molecule has 0 amide bonds. The molecule has 7 heteroatoms. The number of nitrogens with zero attached hydrogens (tertiary/aromatic N) is 3. The maximum absolute atomic E-state index is 6.05. The Labute approximate surface area is 152 Å². The van der Waals surface area contributed by atoms with Crippen molar-refractivity contribution in [1.82, 2.24) is 19.9 Å². The molecular weight excluding hydrogens is 330 g/mol. The number of fused-ring (bicyclic) bond motifs is 1. The van der Waals surface area contributed by atoms with Crippen LogP contribution in [0.25, 0.3) is 11.2 Å². The van der Waals surface area contributed by atoms with Crippen molar-refractivity contribution < 1.29 is 9.47 Å². The number of anilines is 2. The lowest BCUT2D eigenvalue weighted by Gasteiger charge is -2.21. The largest absolute Gasteiger partial charge is 0.497 e. The van der Waals surface area contributed by atoms with Crippen LogP contribution in [-0.2, 0) is 0 Å². The van der Waals surface area contributed by atoms with Crippen LogP contribution >= 0.6 is 0 Å². The number of hydrogen-bond donors (Lipinski definition) is 2. The van der Waals surface area contributed by atoms with E-state index < -0.39 is 0 Å². The molecule has 0 bridgehead atoms. The highest BCUT2D eigenvalue weighted by atomic mass is 16.5. The molecule has 0 radical (unpaired) electrons. The molecule has 2 aromatic heterocycles. The Morgan fingerprint density at radius 3 is 2.69 bits per heavy atom. The van der Waals surface area contributed by atoms with E-state index in [0.29, 0.717) is 30.0 Å². The number of H-pyrrole nitrogens is 1. The van der Waals surface area contributed by atoms with Crippen molar-refractivity contribution in [3.63, 3.8) is 0 Å². The minimum Gasteiger partial charge on any atom is -0.497 e. The second-order valence-electron chi connectivity index (χ2n) is 6.62. The number of aromatic amines is 1. The highest BCUT2D eigenvalue weighted by Crippen LogP contribution is 2.27. The van der Waals surface area contributed by atoms with Gasteiger partial charge in [0.1, 0.15) is 11.3 Å². The molecule has 7 nitrogen and oxygen atoms in total. The van der Waals surface area contributed by atoms with Crippen molar-refractivity contribution in [3.8, 4) is 11.6 Å². The minimum atomic E-state index is 0.466. The number of methoxy groups -OCH3 is 1. The van der Waals surface area contributed by atoms with Gasteiger partial charge in [-0.1, -0.05) is 19.3 Å². The third-order valence-electron chi connectivity index (χ3n) is 4.78. The zero-order valence-electron chi connectivity index (χ0n) is 14.9. The van der Waals surface area contributed by atoms with Crippen molar-refractivity contribution >= 4 is 22.8 Å². The number of imidazole rings is 1. The smallest absolute Gasteiger partial charge is 0.245 e. The van der Waals surface area contributed by atoms with Crippen molar-refractivity contribution in [3.05, 3.63) is 30.6 Å². The summed E-state index contributed by atoms with van der Waals surface area (Å²) in [6.45, 7) is 0.688. The van der Waals surface area contributed by atoms with Crippen LogP contribution < -0.4 is 14.8 Å². The lowest BCUT2D eigenvalue weighted by Crippen LogP contribution is -2.16. The average molecular weight is 353 g/mol. The van der Waals surface area contributed by atoms with E-state index in [1.807, 2.05) is 24.3 Å². The molecule has 0 atom stereocenters. The zero-order valence-corrected chi connectivity index (χ0v) is 14.9. The molecule has 1 aliphatic rings. The lowest BCUT2D eigenvalue weighted by atomic mass is 9.90. The fourth-order valence-electron chi connectivity index (χ4n) is 3.32. The van der Waals surface area contributed by atoms with Gasteiger partial charge < -0.3 is 19.8 Å². The average Bonchev–Trinajstić information content (AvgIpc) is 3.16. The second-order valence-corrected chi connectivity index (χ2v) is 6.62. The van der Waals surface area contributed by atoms with E-state index in [1.165, 1.54) is 32.1 Å². The van der Waals surface area contributed by atoms with Gasteiger partial charge in [0.25, 0.3) is 0 Å². The van der Waals surface area contributed by atoms with Gasteiger partial charge in [-0.2, -0.15) is 9.97 Å². The predicted octanol–water partition coefficient (Wildman–Crippen LogP) is 4.06. The van der Waals surface area contributed by atoms with E-state index in [4.69, 9.17) is 9.47 Å². The molecule has 0 saturated heterocycles. The molecule has 136 valence electrons. The molecule has 0 unspecified atom stereocenters. The first-order chi connectivity index (χ1) is 12.8. The Bertz CT molecular complexity index is 856. The topological polar surface area (TPSA) is 85.0 Å². The third kappa shape index (κ3) is 3.71. The standard InChI is InChI=1S/C19H23N5O2/c1-25-15-9-7-14(8-10-15)22-19-23-17-16(20-12-21-17)18(24-19)26-11-13-5-3-2-4-6-13/h7-10,12-13H,2-6,11H2,1H3,(H2,20,21,22,23,24). The molecule has 3 aromatic rings. The van der Waals surface area contributed by atoms with Crippen molar-refractivity contribution in [2.45, 2.75) is 32.1 Å². The van der Waals surface area contributed by atoms with Crippen LogP contribution in [0.5, 0.6) is 11.6 Å². The molecule has 1 fully saturated rings. The molecule has 2 heterocycles. The summed E-state index contributed by atoms with van der Waals surface area (Å²) in [5.74, 6) is 2.42. The Hall–Kier alpha value is -2.83. The Morgan fingerprint density at radius 1 is 1.12 bits per heavy atom. The summed E-state index contributed by atoms with van der Waals surface area (Å²) in [5, 5.41) is 3.20. The summed E-state index contributed by atoms with van der Waals surface area (Å²) >= 11 is 0. The fourth-order valence-corrected chi connectivity index (χ4v) is 3.32. The van der Waals surface area contributed by atoms with Gasteiger partial charge >= 0.3 is 0 Å². The maximum atomic E-state index is 6.05. The first-order valence-electron chi connectivity index (χ1n) is 9.07. The number of aromatic nitrogens is 4. The fraction of sp³-hybridized carbons (Fsp3) is 0.421. The molecule has 4 rings (SSSR count). The van der Waals surface area contributed by atoms with Gasteiger partial charge in [-0.05, 0) is 43.0 Å². The Balaban J connectivity index is 1.53. The van der Waals surface area contributed by atoms with Crippen LogP contribution in [0.3, 0.4) is 0 Å². The predicted molar refractivity (Wildman–Crippen MR) is 100 cm³/mol. The molecule has 1 aromatic carbocycles. The van der Waals surface area contributed by atoms with Crippen LogP contribution in [0.2, 0.25) is 0 Å². The Morgan fingerprint density at radius 2 is 1.92 bits per heavy atom. The van der Waals surface area contributed by atoms with Crippen molar-refractivity contribution in [2.75, 3.05) is 19.0 Å². The van der Waals surface area contributed by atoms with E-state index in [1.54, 1.807) is 13.4 Å². The number of nitrogens with one attached hydrogen (secondary N) is 2. The van der Waals surface area contributed by atoms with Crippen molar-refractivity contribution in [2.24, 2.45) is 5.92 Å². The van der Waals surface area contributed by atoms with E-state index >= 15 is 0 Å². The summed E-state index contributed by atoms with van der Waals surface area (Å²) in [6, 6.07) is 7.60. The summed E-state index contributed by atoms with van der Waals surface area (Å²) in [6.07, 6.45) is 8.00. The Kier molecular flexibility index (Phi) is 4.86. The second kappa shape index (κ2) is 7.59. The lowest BCUT2D eigenvalue weighted by molar-refractivity contribution is 0.205. The monoisotopic (exact) mass is 353 g/mol. The van der Waals surface area contributed by atoms with Crippen LogP contribution in [0.15, 0.2) is 30.6 Å². The van der Waals surface area contributed by atoms with Gasteiger partial charge in [0.15, 0.2) is 5.65 Å². The number of rotatable bonds is 6. The first-order valence-corrected chi connectivity index (χ1v) is 9.07. The quantitative estimate of drug-likeness (QED) is 0.695. The number of hydrogen-bond acceptors (Lipinski definition) is 6. The number of benzene rings is 1. The normalized spacial score (nSPS) is 15.1. The molecule has 0 aliphatic heterocycles. The van der Waals surface area contributed by atoms with Gasteiger partial charge in [0.05, 0.1) is 20.0 Å². The van der Waals surface area contributed by atoms with Gasteiger partial charge in [-0.3, -0.25) is 0 Å². The molecule has 2 N–H and O–H groups in total. The highest BCUT2D eigenvalue weighted by Gasteiger charge is 2.17. The number of ether oxygens (including phenoxy) is 2. The van der Waals surface area contributed by atoms with Gasteiger partial charge in [-0.15, -0.1) is 0 Å². The van der Waals surface area contributed by atoms with E-state index in [0.717, 1.165) is 17.0 Å². The summed E-state index contributed by atoms with van der Waals surface area (Å²) in [7, 11) is 1.65. The summed E-state index contributed by atoms with van der Waals surface area (Å²) < 4.78 is 11.2. The van der Waals surface area contributed by atoms with Crippen LogP contribution in [-0.4, -0.2) is 33.7 Å². The van der Waals surface area contributed by atoms with Gasteiger partial charge in [0, 0.05) is 5.69 Å². The molecule has 26 heavy (non-hydrogen) atoms. The van der Waals surface area contributed by atoms with Gasteiger partial charge in [-0.25, -0.2) is 4.98 Å². The van der Waals surface area contributed by atoms with Gasteiger partial charge in [0.2, 0.25) is 11.8 Å². The molecular formula is C19H23N5O2. The summed E-state index contributed by atoms with van der Waals surface area (Å²) in [5.41, 5.74) is 2.20. The van der Waals surface area contributed by atoms with E-state index in [-0.39, 0.29) is 0 Å². The van der Waals surface area contributed by atoms with Crippen molar-refractivity contribution in [1.29, 1.82) is 0 Å². The van der Waals surface area contributed by atoms with E-state index in [2.05, 4.69) is 25.3 Å². The van der Waals surface area contributed by atoms with E-state index in [9.17, 15) is 0 Å². The molecule has 1 aliphatic carbocycles. The molecule has 0 spiro atoms. The van der Waals surface area contributed by atoms with Crippen LogP contribution in [0.4, 0.5) is 11.6 Å². The molecule has 1 saturated carbocycles.